The van der Waals surface area contributed by atoms with Crippen molar-refractivity contribution in [3.8, 4) is 0 Å². The summed E-state index contributed by atoms with van der Waals surface area (Å²) in [5.74, 6) is -0.394. The van der Waals surface area contributed by atoms with Gasteiger partial charge < -0.3 is 5.21 Å². The molecule has 2 aromatic carbocycles. The number of piperidine rings is 1. The number of nitrogens with zero attached hydrogens (tertiary/aromatic N) is 3. The summed E-state index contributed by atoms with van der Waals surface area (Å²) >= 11 is 12.0. The predicted octanol–water partition coefficient (Wildman–Crippen LogP) is 5.88. The maximum Gasteiger partial charge on any atom is 0.0838 e. The second kappa shape index (κ2) is 7.64. The molecular weight excluding hydrogens is 373 g/mol. The van der Waals surface area contributed by atoms with E-state index in [0.717, 1.165) is 11.1 Å². The Labute approximate surface area is 162 Å². The Balaban J connectivity index is 2.12. The van der Waals surface area contributed by atoms with Crippen LogP contribution in [0, 0.1) is 16.7 Å². The summed E-state index contributed by atoms with van der Waals surface area (Å²) in [6.07, 6.45) is 0. The first-order valence-corrected chi connectivity index (χ1v) is 9.08. The van der Waals surface area contributed by atoms with Crippen molar-refractivity contribution < 1.29 is 5.21 Å². The molecule has 0 unspecified atom stereocenters. The second-order valence-corrected chi connectivity index (χ2v) is 7.43. The smallest absolute Gasteiger partial charge is 0.0838 e. The second-order valence-electron chi connectivity index (χ2n) is 6.56. The molecule has 1 aliphatic rings. The fourth-order valence-electron chi connectivity index (χ4n) is 3.86. The average molecular weight is 392 g/mol. The SMILES string of the molecule is C[C@@H]1C(=NO)[C@H](C)[C@@H](c2ccc(Cl)cc2)N(N=O)[C@H]1c1ccc(Cl)cc1. The number of hydrogen-bond acceptors (Lipinski definition) is 4. The molecule has 0 aliphatic carbocycles. The molecule has 0 amide bonds. The number of nitroso groups, excluding NO2 is 1. The monoisotopic (exact) mass is 391 g/mol. The largest absolute Gasteiger partial charge is 0.411 e. The molecule has 0 saturated carbocycles. The molecule has 3 rings (SSSR count). The molecule has 5 nitrogen and oxygen atoms in total. The van der Waals surface area contributed by atoms with Gasteiger partial charge in [0, 0.05) is 21.9 Å². The Hall–Kier alpha value is -2.11. The van der Waals surface area contributed by atoms with Crippen LogP contribution in [0.15, 0.2) is 59.0 Å². The van der Waals surface area contributed by atoms with Gasteiger partial charge in [0.25, 0.3) is 0 Å². The zero-order valence-corrected chi connectivity index (χ0v) is 15.9. The van der Waals surface area contributed by atoms with Gasteiger partial charge in [-0.25, -0.2) is 5.01 Å². The van der Waals surface area contributed by atoms with E-state index in [0.29, 0.717) is 15.8 Å². The molecule has 0 spiro atoms. The highest BCUT2D eigenvalue weighted by molar-refractivity contribution is 6.30. The topological polar surface area (TPSA) is 65.3 Å². The van der Waals surface area contributed by atoms with Gasteiger partial charge in [0.2, 0.25) is 0 Å². The quantitative estimate of drug-likeness (QED) is 0.403. The third-order valence-corrected chi connectivity index (χ3v) is 5.59. The molecule has 4 atom stereocenters. The summed E-state index contributed by atoms with van der Waals surface area (Å²) in [4.78, 5) is 11.9. The Bertz CT molecular complexity index is 747. The number of oxime groups is 1. The number of hydrogen-bond donors (Lipinski definition) is 1. The zero-order chi connectivity index (χ0) is 18.8. The first-order valence-electron chi connectivity index (χ1n) is 8.32. The van der Waals surface area contributed by atoms with Crippen molar-refractivity contribution in [3.05, 3.63) is 74.6 Å². The third-order valence-electron chi connectivity index (χ3n) is 5.08. The highest BCUT2D eigenvalue weighted by Crippen LogP contribution is 2.46. The number of halogens is 2. The molecule has 0 aromatic heterocycles. The summed E-state index contributed by atoms with van der Waals surface area (Å²) in [6.45, 7) is 3.86. The fraction of sp³-hybridized carbons (Fsp3) is 0.316. The third kappa shape index (κ3) is 3.29. The Morgan fingerprint density at radius 2 is 1.23 bits per heavy atom. The number of benzene rings is 2. The molecule has 7 heteroatoms. The van der Waals surface area contributed by atoms with Crippen LogP contribution in [0.5, 0.6) is 0 Å². The van der Waals surface area contributed by atoms with Gasteiger partial charge in [-0.3, -0.25) is 0 Å². The predicted molar refractivity (Wildman–Crippen MR) is 104 cm³/mol. The summed E-state index contributed by atoms with van der Waals surface area (Å²) in [5, 5.41) is 19.3. The zero-order valence-electron chi connectivity index (χ0n) is 14.4. The van der Waals surface area contributed by atoms with E-state index in [1.54, 1.807) is 29.3 Å². The molecule has 26 heavy (non-hydrogen) atoms. The van der Waals surface area contributed by atoms with Crippen LogP contribution in [0.3, 0.4) is 0 Å². The maximum atomic E-state index is 11.9. The summed E-state index contributed by atoms with van der Waals surface area (Å²) in [6, 6.07) is 13.8. The van der Waals surface area contributed by atoms with E-state index in [2.05, 4.69) is 10.4 Å². The van der Waals surface area contributed by atoms with E-state index in [1.165, 1.54) is 0 Å². The van der Waals surface area contributed by atoms with Gasteiger partial charge in [-0.1, -0.05) is 66.5 Å². The van der Waals surface area contributed by atoms with Crippen LogP contribution in [0.1, 0.15) is 37.1 Å². The first-order chi connectivity index (χ1) is 12.5. The summed E-state index contributed by atoms with van der Waals surface area (Å²) < 4.78 is 0. The minimum Gasteiger partial charge on any atom is -0.411 e. The molecule has 0 radical (unpaired) electrons. The van der Waals surface area contributed by atoms with Gasteiger partial charge >= 0.3 is 0 Å². The lowest BCUT2D eigenvalue weighted by atomic mass is 9.75. The van der Waals surface area contributed by atoms with Crippen LogP contribution >= 0.6 is 23.2 Å². The molecule has 1 N–H and O–H groups in total. The van der Waals surface area contributed by atoms with Crippen molar-refractivity contribution >= 4 is 28.9 Å². The molecule has 1 heterocycles. The minimum absolute atomic E-state index is 0.197. The minimum atomic E-state index is -0.368. The fourth-order valence-corrected chi connectivity index (χ4v) is 4.11. The van der Waals surface area contributed by atoms with E-state index in [4.69, 9.17) is 23.2 Å². The van der Waals surface area contributed by atoms with Crippen LogP contribution < -0.4 is 0 Å². The van der Waals surface area contributed by atoms with Crippen LogP contribution in [0.25, 0.3) is 0 Å². The van der Waals surface area contributed by atoms with Gasteiger partial charge in [-0.15, -0.1) is 4.91 Å². The highest BCUT2D eigenvalue weighted by Gasteiger charge is 2.45. The van der Waals surface area contributed by atoms with Gasteiger partial charge in [0.05, 0.1) is 23.1 Å². The van der Waals surface area contributed by atoms with Crippen molar-refractivity contribution in [1.82, 2.24) is 5.01 Å². The lowest BCUT2D eigenvalue weighted by molar-refractivity contribution is 0.0692. The average Bonchev–Trinajstić information content (AvgIpc) is 2.64. The molecule has 1 saturated heterocycles. The van der Waals surface area contributed by atoms with E-state index in [9.17, 15) is 10.1 Å². The Morgan fingerprint density at radius 1 is 0.846 bits per heavy atom. The molecule has 0 bridgehead atoms. The Kier molecular flexibility index (Phi) is 5.49. The molecule has 1 fully saturated rings. The van der Waals surface area contributed by atoms with Crippen LogP contribution in [-0.4, -0.2) is 15.9 Å². The van der Waals surface area contributed by atoms with E-state index in [-0.39, 0.29) is 23.9 Å². The van der Waals surface area contributed by atoms with E-state index < -0.39 is 0 Å². The van der Waals surface area contributed by atoms with Gasteiger partial charge in [0.1, 0.15) is 0 Å². The Morgan fingerprint density at radius 3 is 1.54 bits per heavy atom. The standard InChI is InChI=1S/C19H19Cl2N3O2/c1-11-17(22-25)12(2)19(14-5-9-16(21)10-6-14)24(23-26)18(11)13-3-7-15(20)8-4-13/h3-12,18-19,25H,1-2H3/t11-,12+,18-,19+. The van der Waals surface area contributed by atoms with Crippen molar-refractivity contribution in [2.45, 2.75) is 25.9 Å². The lowest BCUT2D eigenvalue weighted by Gasteiger charge is -2.45. The number of rotatable bonds is 3. The van der Waals surface area contributed by atoms with Crippen LogP contribution in [0.2, 0.25) is 10.0 Å². The first kappa shape index (κ1) is 18.7. The highest BCUT2D eigenvalue weighted by atomic mass is 35.5. The van der Waals surface area contributed by atoms with Crippen LogP contribution in [-0.2, 0) is 0 Å². The van der Waals surface area contributed by atoms with Crippen molar-refractivity contribution in [2.75, 3.05) is 0 Å². The molecule has 2 aromatic rings. The van der Waals surface area contributed by atoms with Gasteiger partial charge in [-0.05, 0) is 35.4 Å². The maximum absolute atomic E-state index is 11.9. The van der Waals surface area contributed by atoms with Gasteiger partial charge in [-0.2, -0.15) is 0 Å². The molecular formula is C19H19Cl2N3O2. The van der Waals surface area contributed by atoms with Gasteiger partial charge in [0.15, 0.2) is 0 Å². The molecule has 136 valence electrons. The summed E-state index contributed by atoms with van der Waals surface area (Å²) in [5.41, 5.74) is 2.40. The summed E-state index contributed by atoms with van der Waals surface area (Å²) in [7, 11) is 0. The van der Waals surface area contributed by atoms with E-state index in [1.807, 2.05) is 38.1 Å². The lowest BCUT2D eigenvalue weighted by Crippen LogP contribution is -2.46. The van der Waals surface area contributed by atoms with Crippen molar-refractivity contribution in [3.63, 3.8) is 0 Å². The van der Waals surface area contributed by atoms with Crippen molar-refractivity contribution in [1.29, 1.82) is 0 Å². The molecule has 1 aliphatic heterocycles. The van der Waals surface area contributed by atoms with E-state index >= 15 is 0 Å². The van der Waals surface area contributed by atoms with Crippen molar-refractivity contribution in [2.24, 2.45) is 22.3 Å². The normalized spacial score (nSPS) is 27.5. The van der Waals surface area contributed by atoms with Crippen LogP contribution in [0.4, 0.5) is 0 Å².